The van der Waals surface area contributed by atoms with Crippen molar-refractivity contribution in [1.82, 2.24) is 14.5 Å². The molecule has 192 valence electrons. The molecule has 1 aromatic heterocycles. The maximum atomic E-state index is 13.8. The third kappa shape index (κ3) is 5.24. The topological polar surface area (TPSA) is 41.4 Å². The Hall–Kier alpha value is -3.36. The molecule has 0 radical (unpaired) electrons. The number of alkyl halides is 3. The van der Waals surface area contributed by atoms with Crippen LogP contribution in [0.5, 0.6) is 0 Å². The highest BCUT2D eigenvalue weighted by Crippen LogP contribution is 2.37. The van der Waals surface area contributed by atoms with Crippen molar-refractivity contribution in [3.05, 3.63) is 75.9 Å². The molecule has 9 heteroatoms. The van der Waals surface area contributed by atoms with Crippen molar-refractivity contribution in [3.63, 3.8) is 0 Å². The normalized spacial score (nSPS) is 13.3. The highest BCUT2D eigenvalue weighted by atomic mass is 19.4. The average Bonchev–Trinajstić information content (AvgIpc) is 3.34. The van der Waals surface area contributed by atoms with E-state index in [1.807, 2.05) is 32.3 Å². The third-order valence-electron chi connectivity index (χ3n) is 6.47. The van der Waals surface area contributed by atoms with E-state index in [2.05, 4.69) is 17.0 Å². The Morgan fingerprint density at radius 3 is 2.39 bits per heavy atom. The van der Waals surface area contributed by atoms with Gasteiger partial charge in [0.1, 0.15) is 11.5 Å². The van der Waals surface area contributed by atoms with E-state index in [1.165, 1.54) is 18.2 Å². The summed E-state index contributed by atoms with van der Waals surface area (Å²) in [6.45, 7) is 8.41. The van der Waals surface area contributed by atoms with Gasteiger partial charge in [-0.1, -0.05) is 36.8 Å². The summed E-state index contributed by atoms with van der Waals surface area (Å²) in [7, 11) is 0. The molecule has 0 spiro atoms. The summed E-state index contributed by atoms with van der Waals surface area (Å²) >= 11 is 0. The molecule has 36 heavy (non-hydrogen) atoms. The SMILES string of the molecule is CCc1nc2n(c1C(=O)N(CCC(F)(F)F)Cc1cccc(F)c1)CCN2c1c(C)cc(C)cc1C. The Bertz CT molecular complexity index is 1260. The van der Waals surface area contributed by atoms with E-state index >= 15 is 0 Å². The van der Waals surface area contributed by atoms with Gasteiger partial charge in [0, 0.05) is 31.9 Å². The Kier molecular flexibility index (Phi) is 7.11. The van der Waals surface area contributed by atoms with E-state index < -0.39 is 30.9 Å². The van der Waals surface area contributed by atoms with Crippen molar-refractivity contribution >= 4 is 17.5 Å². The van der Waals surface area contributed by atoms with Crippen LogP contribution in [-0.2, 0) is 19.5 Å². The van der Waals surface area contributed by atoms with Crippen LogP contribution in [0.2, 0.25) is 0 Å². The number of carbonyl (C=O) groups excluding carboxylic acids is 1. The molecule has 3 aromatic rings. The summed E-state index contributed by atoms with van der Waals surface area (Å²) in [6, 6.07) is 9.77. The number of anilines is 2. The van der Waals surface area contributed by atoms with Crippen LogP contribution in [0.15, 0.2) is 36.4 Å². The minimum Gasteiger partial charge on any atom is -0.333 e. The molecule has 0 bridgehead atoms. The number of carbonyl (C=O) groups is 1. The summed E-state index contributed by atoms with van der Waals surface area (Å²) in [5.41, 5.74) is 5.63. The van der Waals surface area contributed by atoms with Crippen molar-refractivity contribution in [2.75, 3.05) is 18.0 Å². The zero-order valence-corrected chi connectivity index (χ0v) is 20.9. The Balaban J connectivity index is 1.72. The van der Waals surface area contributed by atoms with Crippen molar-refractivity contribution in [2.45, 2.75) is 59.8 Å². The van der Waals surface area contributed by atoms with E-state index in [-0.39, 0.29) is 6.54 Å². The lowest BCUT2D eigenvalue weighted by atomic mass is 10.0. The molecule has 0 saturated heterocycles. The summed E-state index contributed by atoms with van der Waals surface area (Å²) in [4.78, 5) is 21.7. The lowest BCUT2D eigenvalue weighted by Gasteiger charge is -2.24. The number of nitrogens with zero attached hydrogens (tertiary/aromatic N) is 4. The zero-order valence-electron chi connectivity index (χ0n) is 20.9. The van der Waals surface area contributed by atoms with Crippen molar-refractivity contribution in [3.8, 4) is 0 Å². The zero-order chi connectivity index (χ0) is 26.2. The molecule has 2 aromatic carbocycles. The lowest BCUT2D eigenvalue weighted by molar-refractivity contribution is -0.136. The number of aryl methyl sites for hydroxylation is 4. The van der Waals surface area contributed by atoms with E-state index in [1.54, 1.807) is 6.07 Å². The molecular weight excluding hydrogens is 472 g/mol. The van der Waals surface area contributed by atoms with Crippen molar-refractivity contribution < 1.29 is 22.4 Å². The van der Waals surface area contributed by atoms with Gasteiger partial charge in [0.05, 0.1) is 12.1 Å². The van der Waals surface area contributed by atoms with Gasteiger partial charge in [0.15, 0.2) is 0 Å². The van der Waals surface area contributed by atoms with Gasteiger partial charge in [-0.05, 0) is 56.0 Å². The molecule has 0 unspecified atom stereocenters. The van der Waals surface area contributed by atoms with Crippen LogP contribution in [0.1, 0.15) is 51.8 Å². The van der Waals surface area contributed by atoms with Gasteiger partial charge >= 0.3 is 6.18 Å². The highest BCUT2D eigenvalue weighted by Gasteiger charge is 2.35. The van der Waals surface area contributed by atoms with Crippen LogP contribution < -0.4 is 4.90 Å². The monoisotopic (exact) mass is 502 g/mol. The number of aromatic nitrogens is 2. The first-order valence-corrected chi connectivity index (χ1v) is 12.0. The smallest absolute Gasteiger partial charge is 0.333 e. The van der Waals surface area contributed by atoms with Crippen LogP contribution in [-0.4, -0.2) is 39.6 Å². The van der Waals surface area contributed by atoms with E-state index in [0.29, 0.717) is 42.4 Å². The lowest BCUT2D eigenvalue weighted by Crippen LogP contribution is -2.35. The molecule has 5 nitrogen and oxygen atoms in total. The fourth-order valence-corrected chi connectivity index (χ4v) is 5.02. The van der Waals surface area contributed by atoms with Gasteiger partial charge in [-0.25, -0.2) is 9.37 Å². The molecule has 1 aliphatic heterocycles. The van der Waals surface area contributed by atoms with Crippen molar-refractivity contribution in [2.24, 2.45) is 0 Å². The molecule has 0 atom stereocenters. The second kappa shape index (κ2) is 9.95. The minimum atomic E-state index is -4.43. The molecule has 0 saturated carbocycles. The summed E-state index contributed by atoms with van der Waals surface area (Å²) in [5.74, 6) is -0.417. The number of rotatable bonds is 7. The van der Waals surface area contributed by atoms with E-state index in [9.17, 15) is 22.4 Å². The van der Waals surface area contributed by atoms with Crippen LogP contribution in [0.4, 0.5) is 29.2 Å². The Labute approximate surface area is 208 Å². The number of fused-ring (bicyclic) bond motifs is 1. The van der Waals surface area contributed by atoms with Gasteiger partial charge in [-0.2, -0.15) is 13.2 Å². The number of hydrogen-bond donors (Lipinski definition) is 0. The maximum Gasteiger partial charge on any atom is 0.390 e. The molecule has 2 heterocycles. The average molecular weight is 503 g/mol. The minimum absolute atomic E-state index is 0.129. The maximum absolute atomic E-state index is 13.8. The van der Waals surface area contributed by atoms with Gasteiger partial charge in [-0.15, -0.1) is 0 Å². The van der Waals surface area contributed by atoms with Gasteiger partial charge in [-0.3, -0.25) is 4.79 Å². The fourth-order valence-electron chi connectivity index (χ4n) is 5.02. The summed E-state index contributed by atoms with van der Waals surface area (Å²) < 4.78 is 54.9. The molecule has 0 fully saturated rings. The quantitative estimate of drug-likeness (QED) is 0.358. The van der Waals surface area contributed by atoms with Crippen LogP contribution >= 0.6 is 0 Å². The van der Waals surface area contributed by atoms with Crippen LogP contribution in [0.3, 0.4) is 0 Å². The second-order valence-corrected chi connectivity index (χ2v) is 9.33. The number of hydrogen-bond acceptors (Lipinski definition) is 3. The van der Waals surface area contributed by atoms with Gasteiger partial charge < -0.3 is 14.4 Å². The Morgan fingerprint density at radius 1 is 1.08 bits per heavy atom. The third-order valence-corrected chi connectivity index (χ3v) is 6.47. The predicted octanol–water partition coefficient (Wildman–Crippen LogP) is 6.26. The van der Waals surface area contributed by atoms with Crippen LogP contribution in [0.25, 0.3) is 0 Å². The van der Waals surface area contributed by atoms with Gasteiger partial charge in [0.25, 0.3) is 5.91 Å². The molecule has 0 aliphatic carbocycles. The molecule has 4 rings (SSSR count). The second-order valence-electron chi connectivity index (χ2n) is 9.33. The molecular formula is C27H30F4N4O. The predicted molar refractivity (Wildman–Crippen MR) is 131 cm³/mol. The highest BCUT2D eigenvalue weighted by molar-refractivity contribution is 5.95. The number of imidazole rings is 1. The van der Waals surface area contributed by atoms with Crippen LogP contribution in [0, 0.1) is 26.6 Å². The number of amides is 1. The Morgan fingerprint density at radius 2 is 1.78 bits per heavy atom. The molecule has 1 aliphatic rings. The first-order chi connectivity index (χ1) is 17.0. The molecule has 1 amide bonds. The number of benzene rings is 2. The summed E-state index contributed by atoms with van der Waals surface area (Å²) in [6.07, 6.45) is -5.12. The fraction of sp³-hybridized carbons (Fsp3) is 0.407. The van der Waals surface area contributed by atoms with E-state index in [4.69, 9.17) is 4.98 Å². The van der Waals surface area contributed by atoms with Crippen molar-refractivity contribution in [1.29, 1.82) is 0 Å². The first-order valence-electron chi connectivity index (χ1n) is 12.0. The first kappa shape index (κ1) is 25.7. The standard InChI is InChI=1S/C27H30F4N4O/c1-5-22-24(25(36)33(10-9-27(29,30)31)16-20-7-6-8-21(28)15-20)35-12-11-34(26(35)32-22)23-18(3)13-17(2)14-19(23)4/h6-8,13-15H,5,9-12,16H2,1-4H3. The largest absolute Gasteiger partial charge is 0.390 e. The summed E-state index contributed by atoms with van der Waals surface area (Å²) in [5, 5.41) is 0. The van der Waals surface area contributed by atoms with E-state index in [0.717, 1.165) is 27.3 Å². The number of halogens is 4. The van der Waals surface area contributed by atoms with Gasteiger partial charge in [0.2, 0.25) is 5.95 Å². The molecule has 0 N–H and O–H groups in total.